The van der Waals surface area contributed by atoms with Crippen LogP contribution in [0.2, 0.25) is 0 Å². The lowest BCUT2D eigenvalue weighted by atomic mass is 10.0. The highest BCUT2D eigenvalue weighted by atomic mass is 19.4. The molecular weight excluding hydrogens is 487 g/mol. The van der Waals surface area contributed by atoms with Gasteiger partial charge in [-0.05, 0) is 62.2 Å². The first-order valence-corrected chi connectivity index (χ1v) is 11.8. The highest BCUT2D eigenvalue weighted by Crippen LogP contribution is 2.25. The molecule has 0 atom stereocenters. The number of alkyl halides is 3. The molecule has 0 amide bonds. The Morgan fingerprint density at radius 3 is 2.70 bits per heavy atom. The fourth-order valence-electron chi connectivity index (χ4n) is 4.33. The molecule has 12 heteroatoms. The van der Waals surface area contributed by atoms with Crippen molar-refractivity contribution in [1.29, 1.82) is 0 Å². The third kappa shape index (κ3) is 5.20. The number of pyridine rings is 1. The third-order valence-electron chi connectivity index (χ3n) is 6.21. The number of rotatable bonds is 6. The maximum absolute atomic E-state index is 13.1. The van der Waals surface area contributed by atoms with Crippen molar-refractivity contribution in [3.05, 3.63) is 69.8 Å². The summed E-state index contributed by atoms with van der Waals surface area (Å²) in [4.78, 5) is 26.3. The van der Waals surface area contributed by atoms with Gasteiger partial charge >= 0.3 is 6.18 Å². The summed E-state index contributed by atoms with van der Waals surface area (Å²) in [6.45, 7) is 4.12. The second-order valence-corrected chi connectivity index (χ2v) is 9.51. The van der Waals surface area contributed by atoms with Gasteiger partial charge in [0.1, 0.15) is 11.0 Å². The largest absolute Gasteiger partial charge is 0.390 e. The Morgan fingerprint density at radius 2 is 1.95 bits per heavy atom. The molecule has 0 saturated heterocycles. The predicted octanol–water partition coefficient (Wildman–Crippen LogP) is 3.55. The fraction of sp³-hybridized carbons (Fsp3) is 0.360. The Balaban J connectivity index is 1.62. The Kier molecular flexibility index (Phi) is 6.24. The van der Waals surface area contributed by atoms with Gasteiger partial charge in [-0.3, -0.25) is 4.79 Å². The molecule has 3 aromatic heterocycles. The minimum absolute atomic E-state index is 0.0535. The highest BCUT2D eigenvalue weighted by molar-refractivity contribution is 5.77. The third-order valence-corrected chi connectivity index (χ3v) is 6.21. The minimum atomic E-state index is -4.47. The van der Waals surface area contributed by atoms with Crippen molar-refractivity contribution in [3.63, 3.8) is 0 Å². The zero-order valence-corrected chi connectivity index (χ0v) is 20.3. The molecule has 1 aromatic carbocycles. The molecule has 37 heavy (non-hydrogen) atoms. The maximum atomic E-state index is 13.1. The average molecular weight is 514 g/mol. The normalized spacial score (nSPS) is 14.1. The molecule has 4 aromatic rings. The molecule has 0 radical (unpaired) electrons. The van der Waals surface area contributed by atoms with Crippen LogP contribution in [-0.4, -0.2) is 42.1 Å². The number of benzene rings is 1. The van der Waals surface area contributed by atoms with E-state index in [1.807, 2.05) is 18.2 Å². The SMILES string of the molecule is CC(C)(O)c1cccc(-n2c3nc(Nc4ccc5c(c4)CNCC5)ncc3c(=O)n2CCC(F)(F)F)n1. The summed E-state index contributed by atoms with van der Waals surface area (Å²) in [5.41, 5.74) is 1.57. The number of hydrogen-bond donors (Lipinski definition) is 3. The molecule has 0 unspecified atom stereocenters. The smallest absolute Gasteiger partial charge is 0.384 e. The van der Waals surface area contributed by atoms with Crippen molar-refractivity contribution in [2.45, 2.75) is 51.6 Å². The first-order chi connectivity index (χ1) is 17.5. The second kappa shape index (κ2) is 9.27. The van der Waals surface area contributed by atoms with Gasteiger partial charge in [-0.25, -0.2) is 19.3 Å². The maximum Gasteiger partial charge on any atom is 0.390 e. The van der Waals surface area contributed by atoms with Crippen molar-refractivity contribution in [3.8, 4) is 5.82 Å². The van der Waals surface area contributed by atoms with Crippen LogP contribution in [0, 0.1) is 0 Å². The number of hydrogen-bond acceptors (Lipinski definition) is 7. The van der Waals surface area contributed by atoms with Crippen LogP contribution in [0.5, 0.6) is 0 Å². The van der Waals surface area contributed by atoms with Gasteiger partial charge in [-0.1, -0.05) is 12.1 Å². The number of nitrogens with one attached hydrogen (secondary N) is 2. The summed E-state index contributed by atoms with van der Waals surface area (Å²) in [5.74, 6) is 0.329. The molecule has 0 fully saturated rings. The second-order valence-electron chi connectivity index (χ2n) is 9.51. The summed E-state index contributed by atoms with van der Waals surface area (Å²) in [6, 6.07) is 10.7. The van der Waals surface area contributed by atoms with Crippen molar-refractivity contribution in [1.82, 2.24) is 29.6 Å². The van der Waals surface area contributed by atoms with Gasteiger partial charge in [0, 0.05) is 18.4 Å². The van der Waals surface area contributed by atoms with Crippen LogP contribution >= 0.6 is 0 Å². The quantitative estimate of drug-likeness (QED) is 0.362. The van der Waals surface area contributed by atoms with Gasteiger partial charge in [-0.2, -0.15) is 18.2 Å². The van der Waals surface area contributed by atoms with E-state index in [9.17, 15) is 23.1 Å². The summed E-state index contributed by atoms with van der Waals surface area (Å²) in [7, 11) is 0. The fourth-order valence-corrected chi connectivity index (χ4v) is 4.33. The zero-order chi connectivity index (χ0) is 26.4. The van der Waals surface area contributed by atoms with Crippen LogP contribution in [0.4, 0.5) is 24.8 Å². The lowest BCUT2D eigenvalue weighted by molar-refractivity contribution is -0.137. The van der Waals surface area contributed by atoms with E-state index in [1.165, 1.54) is 16.4 Å². The van der Waals surface area contributed by atoms with Gasteiger partial charge in [0.25, 0.3) is 5.56 Å². The minimum Gasteiger partial charge on any atom is -0.384 e. The zero-order valence-electron chi connectivity index (χ0n) is 20.3. The molecule has 0 spiro atoms. The van der Waals surface area contributed by atoms with Crippen molar-refractivity contribution in [2.75, 3.05) is 11.9 Å². The first kappa shape index (κ1) is 24.9. The van der Waals surface area contributed by atoms with E-state index in [2.05, 4.69) is 25.6 Å². The van der Waals surface area contributed by atoms with Crippen LogP contribution in [0.15, 0.2) is 47.4 Å². The van der Waals surface area contributed by atoms with Crippen LogP contribution in [0.25, 0.3) is 16.9 Å². The lowest BCUT2D eigenvalue weighted by Gasteiger charge is -2.19. The number of aliphatic hydroxyl groups is 1. The van der Waals surface area contributed by atoms with Gasteiger partial charge in [0.15, 0.2) is 11.5 Å². The molecule has 1 aliphatic rings. The number of fused-ring (bicyclic) bond motifs is 2. The van der Waals surface area contributed by atoms with E-state index in [0.29, 0.717) is 0 Å². The molecular formula is C25H26F3N7O2. The van der Waals surface area contributed by atoms with Crippen LogP contribution in [0.1, 0.15) is 37.1 Å². The monoisotopic (exact) mass is 513 g/mol. The molecule has 194 valence electrons. The van der Waals surface area contributed by atoms with Crippen LogP contribution in [0.3, 0.4) is 0 Å². The Labute approximate surface area is 210 Å². The Hall–Kier alpha value is -3.77. The van der Waals surface area contributed by atoms with Crippen LogP contribution in [-0.2, 0) is 25.1 Å². The average Bonchev–Trinajstić information content (AvgIpc) is 3.12. The molecule has 3 N–H and O–H groups in total. The van der Waals surface area contributed by atoms with Crippen molar-refractivity contribution >= 4 is 22.7 Å². The van der Waals surface area contributed by atoms with Gasteiger partial charge in [0.2, 0.25) is 5.95 Å². The Morgan fingerprint density at radius 1 is 1.14 bits per heavy atom. The predicted molar refractivity (Wildman–Crippen MR) is 132 cm³/mol. The summed E-state index contributed by atoms with van der Waals surface area (Å²) >= 11 is 0. The van der Waals surface area contributed by atoms with E-state index < -0.39 is 30.3 Å². The van der Waals surface area contributed by atoms with Gasteiger partial charge < -0.3 is 15.7 Å². The van der Waals surface area contributed by atoms with Crippen LogP contribution < -0.4 is 16.2 Å². The molecule has 0 bridgehead atoms. The summed E-state index contributed by atoms with van der Waals surface area (Å²) in [6.07, 6.45) is -3.45. The van der Waals surface area contributed by atoms with E-state index in [1.54, 1.807) is 32.0 Å². The molecule has 1 aliphatic heterocycles. The van der Waals surface area contributed by atoms with Crippen molar-refractivity contribution in [2.24, 2.45) is 0 Å². The molecule has 0 saturated carbocycles. The number of anilines is 2. The number of nitrogens with zero attached hydrogens (tertiary/aromatic N) is 5. The molecule has 9 nitrogen and oxygen atoms in total. The van der Waals surface area contributed by atoms with E-state index >= 15 is 0 Å². The Bertz CT molecular complexity index is 1520. The highest BCUT2D eigenvalue weighted by Gasteiger charge is 2.29. The number of halogens is 3. The molecule has 0 aliphatic carbocycles. The lowest BCUT2D eigenvalue weighted by Crippen LogP contribution is -2.26. The number of aromatic nitrogens is 5. The standard InChI is InChI=1S/C25H26F3N7O2/c1-24(2,37)19-4-3-5-20(32-19)35-21-18(22(36)34(35)11-9-25(26,27)28)14-30-23(33-21)31-17-7-6-15-8-10-29-13-16(15)12-17/h3-7,12,14,29,37H,8-11,13H2,1-2H3,(H,30,31,33). The van der Waals surface area contributed by atoms with Gasteiger partial charge in [-0.15, -0.1) is 0 Å². The van der Waals surface area contributed by atoms with E-state index in [0.717, 1.165) is 35.4 Å². The topological polar surface area (TPSA) is 110 Å². The van der Waals surface area contributed by atoms with E-state index in [4.69, 9.17) is 0 Å². The molecule has 5 rings (SSSR count). The first-order valence-electron chi connectivity index (χ1n) is 11.8. The van der Waals surface area contributed by atoms with Crippen molar-refractivity contribution < 1.29 is 18.3 Å². The summed E-state index contributed by atoms with van der Waals surface area (Å²) in [5, 5.41) is 16.9. The van der Waals surface area contributed by atoms with Gasteiger partial charge in [0.05, 0.1) is 18.7 Å². The molecule has 4 heterocycles. The summed E-state index contributed by atoms with van der Waals surface area (Å²) < 4.78 is 41.5. The van der Waals surface area contributed by atoms with E-state index in [-0.39, 0.29) is 28.5 Å².